The molecule has 0 aliphatic rings. The van der Waals surface area contributed by atoms with E-state index in [9.17, 15) is 0 Å². The van der Waals surface area contributed by atoms with Gasteiger partial charge in [0.05, 0.1) is 0 Å². The maximum atomic E-state index is 5.84. The van der Waals surface area contributed by atoms with Gasteiger partial charge in [-0.25, -0.2) is 0 Å². The zero-order valence-corrected chi connectivity index (χ0v) is 11.0. The highest BCUT2D eigenvalue weighted by Gasteiger charge is 2.01. The Bertz CT molecular complexity index is 690. The van der Waals surface area contributed by atoms with Gasteiger partial charge in [-0.05, 0) is 47.5 Å². The molecule has 3 rings (SSSR count). The SMILES string of the molecule is Nc1ccc(-c2cccc(Oc3ccccc3)c2)cc1. The average molecular weight is 261 g/mol. The molecule has 0 amide bonds. The van der Waals surface area contributed by atoms with E-state index in [0.717, 1.165) is 28.3 Å². The minimum Gasteiger partial charge on any atom is -0.457 e. The van der Waals surface area contributed by atoms with Crippen LogP contribution in [0, 0.1) is 0 Å². The second-order valence-electron chi connectivity index (χ2n) is 4.56. The summed E-state index contributed by atoms with van der Waals surface area (Å²) in [5.41, 5.74) is 8.71. The fourth-order valence-corrected chi connectivity index (χ4v) is 2.04. The molecule has 0 bridgehead atoms. The van der Waals surface area contributed by atoms with Gasteiger partial charge in [0.2, 0.25) is 0 Å². The second kappa shape index (κ2) is 5.49. The molecule has 98 valence electrons. The smallest absolute Gasteiger partial charge is 0.128 e. The van der Waals surface area contributed by atoms with E-state index in [4.69, 9.17) is 10.5 Å². The van der Waals surface area contributed by atoms with E-state index in [1.165, 1.54) is 0 Å². The van der Waals surface area contributed by atoms with Gasteiger partial charge in [-0.2, -0.15) is 0 Å². The van der Waals surface area contributed by atoms with Crippen LogP contribution in [-0.2, 0) is 0 Å². The molecule has 0 spiro atoms. The monoisotopic (exact) mass is 261 g/mol. The van der Waals surface area contributed by atoms with Crippen LogP contribution in [0.5, 0.6) is 11.5 Å². The minimum absolute atomic E-state index is 0.769. The summed E-state index contributed by atoms with van der Waals surface area (Å²) in [6.07, 6.45) is 0. The van der Waals surface area contributed by atoms with Crippen molar-refractivity contribution in [2.45, 2.75) is 0 Å². The molecular weight excluding hydrogens is 246 g/mol. The molecule has 2 nitrogen and oxygen atoms in total. The lowest BCUT2D eigenvalue weighted by atomic mass is 10.1. The van der Waals surface area contributed by atoms with Crippen molar-refractivity contribution in [2.75, 3.05) is 5.73 Å². The molecule has 0 radical (unpaired) electrons. The van der Waals surface area contributed by atoms with E-state index < -0.39 is 0 Å². The third kappa shape index (κ3) is 2.81. The van der Waals surface area contributed by atoms with Crippen LogP contribution >= 0.6 is 0 Å². The van der Waals surface area contributed by atoms with Crippen LogP contribution in [0.25, 0.3) is 11.1 Å². The predicted molar refractivity (Wildman–Crippen MR) is 82.8 cm³/mol. The van der Waals surface area contributed by atoms with E-state index in [-0.39, 0.29) is 0 Å². The largest absolute Gasteiger partial charge is 0.457 e. The fourth-order valence-electron chi connectivity index (χ4n) is 2.04. The van der Waals surface area contributed by atoms with Gasteiger partial charge in [-0.1, -0.05) is 42.5 Å². The number of anilines is 1. The first kappa shape index (κ1) is 12.3. The van der Waals surface area contributed by atoms with Crippen LogP contribution in [-0.4, -0.2) is 0 Å². The normalized spacial score (nSPS) is 10.2. The molecule has 0 heterocycles. The molecule has 0 atom stereocenters. The third-order valence-corrected chi connectivity index (χ3v) is 3.06. The molecule has 3 aromatic carbocycles. The standard InChI is InChI=1S/C18H15NO/c19-16-11-9-14(10-12-16)15-5-4-8-18(13-15)20-17-6-2-1-3-7-17/h1-13H,19H2. The highest BCUT2D eigenvalue weighted by Crippen LogP contribution is 2.27. The molecule has 2 N–H and O–H groups in total. The van der Waals surface area contributed by atoms with Crippen LogP contribution in [0.3, 0.4) is 0 Å². The Kier molecular flexibility index (Phi) is 3.38. The van der Waals surface area contributed by atoms with Crippen molar-refractivity contribution in [1.29, 1.82) is 0 Å². The molecule has 0 aromatic heterocycles. The molecule has 0 aliphatic carbocycles. The van der Waals surface area contributed by atoms with Crippen molar-refractivity contribution in [3.63, 3.8) is 0 Å². The summed E-state index contributed by atoms with van der Waals surface area (Å²) in [4.78, 5) is 0. The molecule has 2 heteroatoms. The summed E-state index contributed by atoms with van der Waals surface area (Å²) in [6.45, 7) is 0. The first-order valence-corrected chi connectivity index (χ1v) is 6.50. The number of benzene rings is 3. The summed E-state index contributed by atoms with van der Waals surface area (Å²) in [7, 11) is 0. The van der Waals surface area contributed by atoms with Gasteiger partial charge in [0.1, 0.15) is 11.5 Å². The topological polar surface area (TPSA) is 35.2 Å². The lowest BCUT2D eigenvalue weighted by Gasteiger charge is -2.08. The van der Waals surface area contributed by atoms with Crippen molar-refractivity contribution in [3.8, 4) is 22.6 Å². The maximum Gasteiger partial charge on any atom is 0.128 e. The lowest BCUT2D eigenvalue weighted by molar-refractivity contribution is 0.483. The second-order valence-corrected chi connectivity index (χ2v) is 4.56. The number of hydrogen-bond donors (Lipinski definition) is 1. The van der Waals surface area contributed by atoms with Gasteiger partial charge in [0.15, 0.2) is 0 Å². The van der Waals surface area contributed by atoms with Crippen molar-refractivity contribution in [2.24, 2.45) is 0 Å². The van der Waals surface area contributed by atoms with E-state index in [2.05, 4.69) is 6.07 Å². The van der Waals surface area contributed by atoms with Crippen molar-refractivity contribution in [1.82, 2.24) is 0 Å². The maximum absolute atomic E-state index is 5.84. The summed E-state index contributed by atoms with van der Waals surface area (Å²) in [6, 6.07) is 25.6. The molecule has 0 aliphatic heterocycles. The molecular formula is C18H15NO. The Labute approximate surface area is 118 Å². The summed E-state index contributed by atoms with van der Waals surface area (Å²) in [5.74, 6) is 1.66. The first-order chi connectivity index (χ1) is 9.81. The number of nitrogens with two attached hydrogens (primary N) is 1. The highest BCUT2D eigenvalue weighted by atomic mass is 16.5. The van der Waals surface area contributed by atoms with Crippen LogP contribution in [0.15, 0.2) is 78.9 Å². The molecule has 0 unspecified atom stereocenters. The minimum atomic E-state index is 0.769. The zero-order chi connectivity index (χ0) is 13.8. The van der Waals surface area contributed by atoms with Gasteiger partial charge in [0, 0.05) is 5.69 Å². The molecule has 0 saturated heterocycles. The van der Waals surface area contributed by atoms with E-state index in [1.54, 1.807) is 0 Å². The van der Waals surface area contributed by atoms with Gasteiger partial charge in [0.25, 0.3) is 0 Å². The van der Waals surface area contributed by atoms with E-state index >= 15 is 0 Å². The quantitative estimate of drug-likeness (QED) is 0.692. The first-order valence-electron chi connectivity index (χ1n) is 6.50. The molecule has 0 fully saturated rings. The van der Waals surface area contributed by atoms with Crippen LogP contribution in [0.2, 0.25) is 0 Å². The number of rotatable bonds is 3. The lowest BCUT2D eigenvalue weighted by Crippen LogP contribution is -1.86. The summed E-state index contributed by atoms with van der Waals surface area (Å²) in [5, 5.41) is 0. The fraction of sp³-hybridized carbons (Fsp3) is 0. The third-order valence-electron chi connectivity index (χ3n) is 3.06. The van der Waals surface area contributed by atoms with Crippen LogP contribution in [0.4, 0.5) is 5.69 Å². The zero-order valence-electron chi connectivity index (χ0n) is 11.0. The van der Waals surface area contributed by atoms with Gasteiger partial charge >= 0.3 is 0 Å². The summed E-state index contributed by atoms with van der Waals surface area (Å²) >= 11 is 0. The Morgan fingerprint density at radius 1 is 0.600 bits per heavy atom. The highest BCUT2D eigenvalue weighted by molar-refractivity contribution is 5.67. The number of ether oxygens (including phenoxy) is 1. The number of hydrogen-bond acceptors (Lipinski definition) is 2. The van der Waals surface area contributed by atoms with Crippen molar-refractivity contribution < 1.29 is 4.74 Å². The van der Waals surface area contributed by atoms with Gasteiger partial charge in [-0.3, -0.25) is 0 Å². The summed E-state index contributed by atoms with van der Waals surface area (Å²) < 4.78 is 5.84. The van der Waals surface area contributed by atoms with Gasteiger partial charge < -0.3 is 10.5 Å². The predicted octanol–water partition coefficient (Wildman–Crippen LogP) is 4.73. The Balaban J connectivity index is 1.88. The van der Waals surface area contributed by atoms with E-state index in [1.807, 2.05) is 72.8 Å². The van der Waals surface area contributed by atoms with Crippen LogP contribution < -0.4 is 10.5 Å². The average Bonchev–Trinajstić information content (AvgIpc) is 2.49. The number of nitrogen functional groups attached to an aromatic ring is 1. The van der Waals surface area contributed by atoms with Crippen LogP contribution in [0.1, 0.15) is 0 Å². The van der Waals surface area contributed by atoms with Crippen molar-refractivity contribution >= 4 is 5.69 Å². The Hall–Kier alpha value is -2.74. The van der Waals surface area contributed by atoms with Crippen molar-refractivity contribution in [3.05, 3.63) is 78.9 Å². The molecule has 20 heavy (non-hydrogen) atoms. The number of para-hydroxylation sites is 1. The molecule has 0 saturated carbocycles. The Morgan fingerprint density at radius 2 is 1.30 bits per heavy atom. The molecule has 3 aromatic rings. The van der Waals surface area contributed by atoms with Gasteiger partial charge in [-0.15, -0.1) is 0 Å². The van der Waals surface area contributed by atoms with E-state index in [0.29, 0.717) is 0 Å². The Morgan fingerprint density at radius 3 is 2.05 bits per heavy atom.